The number of aliphatic imine (C=N–C) groups is 1. The highest BCUT2D eigenvalue weighted by molar-refractivity contribution is 5.79. The minimum atomic E-state index is -0.401. The Hall–Kier alpha value is -2.31. The van der Waals surface area contributed by atoms with Crippen LogP contribution in [0.2, 0.25) is 0 Å². The van der Waals surface area contributed by atoms with Crippen LogP contribution in [0.5, 0.6) is 0 Å². The molecule has 0 amide bonds. The second-order valence-corrected chi connectivity index (χ2v) is 3.45. The molecule has 0 radical (unpaired) electrons. The summed E-state index contributed by atoms with van der Waals surface area (Å²) >= 11 is 0. The molecule has 18 heavy (non-hydrogen) atoms. The largest absolute Gasteiger partial charge is 0.378 e. The van der Waals surface area contributed by atoms with Crippen LogP contribution < -0.4 is 16.0 Å². The molecule has 1 aromatic rings. The fraction of sp³-hybridized carbons (Fsp3) is 0.364. The first-order valence-electron chi connectivity index (χ1n) is 5.54. The molecule has 0 aliphatic carbocycles. The van der Waals surface area contributed by atoms with Crippen LogP contribution in [-0.4, -0.2) is 38.1 Å². The van der Waals surface area contributed by atoms with Gasteiger partial charge in [-0.25, -0.2) is 0 Å². The lowest BCUT2D eigenvalue weighted by Crippen LogP contribution is -2.37. The molecule has 0 saturated carbocycles. The fourth-order valence-electron chi connectivity index (χ4n) is 1.44. The van der Waals surface area contributed by atoms with Crippen molar-refractivity contribution in [2.75, 3.05) is 32.5 Å². The van der Waals surface area contributed by atoms with Crippen LogP contribution in [0, 0.1) is 10.1 Å². The smallest absolute Gasteiger partial charge is 0.292 e. The monoisotopic (exact) mass is 251 g/mol. The van der Waals surface area contributed by atoms with Crippen molar-refractivity contribution in [1.29, 1.82) is 0 Å². The molecular weight excluding hydrogens is 234 g/mol. The highest BCUT2D eigenvalue weighted by Crippen LogP contribution is 2.22. The summed E-state index contributed by atoms with van der Waals surface area (Å²) in [6.45, 7) is 1.17. The van der Waals surface area contributed by atoms with Gasteiger partial charge in [0.2, 0.25) is 0 Å². The summed E-state index contributed by atoms with van der Waals surface area (Å²) in [5.41, 5.74) is 0.597. The fourth-order valence-corrected chi connectivity index (χ4v) is 1.44. The van der Waals surface area contributed by atoms with E-state index in [4.69, 9.17) is 0 Å². The SMILES string of the molecule is CN=C(NC)NCCNc1ccccc1[N+](=O)[O-]. The molecule has 1 aromatic carbocycles. The maximum absolute atomic E-state index is 10.8. The molecule has 0 atom stereocenters. The highest BCUT2D eigenvalue weighted by Gasteiger charge is 2.10. The second kappa shape index (κ2) is 7.10. The first-order chi connectivity index (χ1) is 8.69. The summed E-state index contributed by atoms with van der Waals surface area (Å²) in [7, 11) is 3.44. The number of hydrogen-bond donors (Lipinski definition) is 3. The lowest BCUT2D eigenvalue weighted by atomic mass is 10.2. The topological polar surface area (TPSA) is 91.6 Å². The second-order valence-electron chi connectivity index (χ2n) is 3.45. The number of benzene rings is 1. The van der Waals surface area contributed by atoms with Gasteiger partial charge in [0.15, 0.2) is 5.96 Å². The number of nitro benzene ring substituents is 1. The van der Waals surface area contributed by atoms with Crippen LogP contribution in [0.25, 0.3) is 0 Å². The predicted octanol–water partition coefficient (Wildman–Crippen LogP) is 0.801. The Morgan fingerprint density at radius 3 is 2.72 bits per heavy atom. The Kier molecular flexibility index (Phi) is 5.43. The predicted molar refractivity (Wildman–Crippen MR) is 72.0 cm³/mol. The average Bonchev–Trinajstić information content (AvgIpc) is 2.39. The average molecular weight is 251 g/mol. The number of anilines is 1. The third-order valence-corrected chi connectivity index (χ3v) is 2.29. The molecule has 0 aromatic heterocycles. The lowest BCUT2D eigenvalue weighted by molar-refractivity contribution is -0.384. The van der Waals surface area contributed by atoms with Crippen molar-refractivity contribution in [3.8, 4) is 0 Å². The standard InChI is InChI=1S/C11H17N5O2/c1-12-11(13-2)15-8-7-14-9-5-3-4-6-10(9)16(17)18/h3-6,14H,7-8H2,1-2H3,(H2,12,13,15). The Morgan fingerprint density at radius 2 is 2.11 bits per heavy atom. The molecule has 0 fully saturated rings. The molecule has 98 valence electrons. The first kappa shape index (κ1) is 13.8. The van der Waals surface area contributed by atoms with E-state index in [0.29, 0.717) is 24.7 Å². The summed E-state index contributed by atoms with van der Waals surface area (Å²) in [6.07, 6.45) is 0. The summed E-state index contributed by atoms with van der Waals surface area (Å²) in [5, 5.41) is 19.7. The maximum atomic E-state index is 10.8. The van der Waals surface area contributed by atoms with Crippen molar-refractivity contribution >= 4 is 17.3 Å². The Balaban J connectivity index is 2.47. The van der Waals surface area contributed by atoms with E-state index in [2.05, 4.69) is 20.9 Å². The molecule has 3 N–H and O–H groups in total. The van der Waals surface area contributed by atoms with E-state index < -0.39 is 4.92 Å². The maximum Gasteiger partial charge on any atom is 0.292 e. The van der Waals surface area contributed by atoms with Crippen LogP contribution in [0.3, 0.4) is 0 Å². The first-order valence-corrected chi connectivity index (χ1v) is 5.54. The van der Waals surface area contributed by atoms with Crippen molar-refractivity contribution in [3.63, 3.8) is 0 Å². The van der Waals surface area contributed by atoms with Gasteiger partial charge in [-0.05, 0) is 6.07 Å². The van der Waals surface area contributed by atoms with E-state index in [1.54, 1.807) is 32.3 Å². The van der Waals surface area contributed by atoms with Gasteiger partial charge in [-0.15, -0.1) is 0 Å². The van der Waals surface area contributed by atoms with E-state index in [9.17, 15) is 10.1 Å². The third kappa shape index (κ3) is 3.93. The number of rotatable bonds is 5. The summed E-state index contributed by atoms with van der Waals surface area (Å²) in [4.78, 5) is 14.3. The molecule has 0 unspecified atom stereocenters. The normalized spacial score (nSPS) is 10.9. The van der Waals surface area contributed by atoms with Crippen molar-refractivity contribution in [2.24, 2.45) is 4.99 Å². The van der Waals surface area contributed by atoms with Crippen molar-refractivity contribution in [2.45, 2.75) is 0 Å². The summed E-state index contributed by atoms with van der Waals surface area (Å²) in [6, 6.07) is 6.56. The molecule has 0 aliphatic rings. The number of para-hydroxylation sites is 2. The molecule has 1 rings (SSSR count). The van der Waals surface area contributed by atoms with Gasteiger partial charge in [0.1, 0.15) is 5.69 Å². The van der Waals surface area contributed by atoms with Crippen LogP contribution in [0.4, 0.5) is 11.4 Å². The van der Waals surface area contributed by atoms with E-state index in [0.717, 1.165) is 0 Å². The Morgan fingerprint density at radius 1 is 1.39 bits per heavy atom. The van der Waals surface area contributed by atoms with Gasteiger partial charge in [-0.1, -0.05) is 12.1 Å². The summed E-state index contributed by atoms with van der Waals surface area (Å²) < 4.78 is 0. The van der Waals surface area contributed by atoms with E-state index in [-0.39, 0.29) is 5.69 Å². The molecule has 0 bridgehead atoms. The van der Waals surface area contributed by atoms with Gasteiger partial charge >= 0.3 is 0 Å². The zero-order valence-corrected chi connectivity index (χ0v) is 10.4. The third-order valence-electron chi connectivity index (χ3n) is 2.29. The number of nitro groups is 1. The Bertz CT molecular complexity index is 433. The van der Waals surface area contributed by atoms with Gasteiger partial charge in [-0.2, -0.15) is 0 Å². The molecule has 0 saturated heterocycles. The molecular formula is C11H17N5O2. The van der Waals surface area contributed by atoms with E-state index >= 15 is 0 Å². The lowest BCUT2D eigenvalue weighted by Gasteiger charge is -2.10. The van der Waals surface area contributed by atoms with Crippen molar-refractivity contribution in [3.05, 3.63) is 34.4 Å². The zero-order chi connectivity index (χ0) is 13.4. The van der Waals surface area contributed by atoms with Crippen LogP contribution in [0.15, 0.2) is 29.3 Å². The van der Waals surface area contributed by atoms with E-state index in [1.165, 1.54) is 6.07 Å². The van der Waals surface area contributed by atoms with Crippen molar-refractivity contribution in [1.82, 2.24) is 10.6 Å². The Labute approximate surface area is 105 Å². The summed E-state index contributed by atoms with van der Waals surface area (Å²) in [5.74, 6) is 0.680. The molecule has 0 aliphatic heterocycles. The molecule has 0 spiro atoms. The van der Waals surface area contributed by atoms with Gasteiger partial charge in [0.25, 0.3) is 5.69 Å². The minimum absolute atomic E-state index is 0.0792. The number of hydrogen-bond acceptors (Lipinski definition) is 4. The van der Waals surface area contributed by atoms with Crippen molar-refractivity contribution < 1.29 is 4.92 Å². The van der Waals surface area contributed by atoms with Gasteiger partial charge in [-0.3, -0.25) is 15.1 Å². The van der Waals surface area contributed by atoms with Crippen LogP contribution in [-0.2, 0) is 0 Å². The number of nitrogens with one attached hydrogen (secondary N) is 3. The number of guanidine groups is 1. The highest BCUT2D eigenvalue weighted by atomic mass is 16.6. The number of nitrogens with zero attached hydrogens (tertiary/aromatic N) is 2. The molecule has 0 heterocycles. The molecule has 7 heteroatoms. The van der Waals surface area contributed by atoms with Gasteiger partial charge < -0.3 is 16.0 Å². The quantitative estimate of drug-likeness (QED) is 0.237. The van der Waals surface area contributed by atoms with E-state index in [1.807, 2.05) is 0 Å². The van der Waals surface area contributed by atoms with Crippen LogP contribution >= 0.6 is 0 Å². The molecule has 7 nitrogen and oxygen atoms in total. The van der Waals surface area contributed by atoms with Gasteiger partial charge in [0.05, 0.1) is 4.92 Å². The minimum Gasteiger partial charge on any atom is -0.378 e. The van der Waals surface area contributed by atoms with Crippen LogP contribution in [0.1, 0.15) is 0 Å². The van der Waals surface area contributed by atoms with Gasteiger partial charge in [0, 0.05) is 33.3 Å². The zero-order valence-electron chi connectivity index (χ0n) is 10.4.